The van der Waals surface area contributed by atoms with E-state index in [4.69, 9.17) is 5.73 Å². The van der Waals surface area contributed by atoms with Crippen LogP contribution in [0.25, 0.3) is 0 Å². The minimum Gasteiger partial charge on any atom is -0.377 e. The van der Waals surface area contributed by atoms with E-state index < -0.39 is 0 Å². The van der Waals surface area contributed by atoms with E-state index in [2.05, 4.69) is 50.4 Å². The van der Waals surface area contributed by atoms with Crippen LogP contribution in [0.1, 0.15) is 19.3 Å². The molecule has 2 aliphatic rings. The van der Waals surface area contributed by atoms with Gasteiger partial charge in [-0.25, -0.2) is 0 Å². The van der Waals surface area contributed by atoms with Gasteiger partial charge in [-0.3, -0.25) is 4.90 Å². The van der Waals surface area contributed by atoms with E-state index in [0.717, 1.165) is 10.9 Å². The van der Waals surface area contributed by atoms with Crippen LogP contribution in [0.4, 0.5) is 5.69 Å². The van der Waals surface area contributed by atoms with Crippen LogP contribution in [0.15, 0.2) is 28.7 Å². The molecule has 2 heterocycles. The van der Waals surface area contributed by atoms with Crippen molar-refractivity contribution in [2.24, 2.45) is 5.73 Å². The van der Waals surface area contributed by atoms with Crippen LogP contribution in [-0.2, 0) is 0 Å². The number of nitrogens with two attached hydrogens (primary N) is 1. The molecule has 0 amide bonds. The first-order valence-corrected chi connectivity index (χ1v) is 7.51. The summed E-state index contributed by atoms with van der Waals surface area (Å²) < 4.78 is 1.11. The molecule has 0 aromatic heterocycles. The predicted octanol–water partition coefficient (Wildman–Crippen LogP) is 2.43. The third-order valence-electron chi connectivity index (χ3n) is 4.43. The first-order chi connectivity index (χ1) is 8.73. The van der Waals surface area contributed by atoms with Gasteiger partial charge in [0.1, 0.15) is 0 Å². The number of nitrogens with zero attached hydrogens (tertiary/aromatic N) is 1. The van der Waals surface area contributed by atoms with Crippen molar-refractivity contribution in [2.45, 2.75) is 30.8 Å². The van der Waals surface area contributed by atoms with E-state index in [1.54, 1.807) is 0 Å². The molecule has 0 aliphatic carbocycles. The van der Waals surface area contributed by atoms with Gasteiger partial charge in [-0.1, -0.05) is 22.0 Å². The Labute approximate surface area is 117 Å². The van der Waals surface area contributed by atoms with Gasteiger partial charge in [-0.05, 0) is 44.0 Å². The maximum absolute atomic E-state index is 6.11. The van der Waals surface area contributed by atoms with Crippen LogP contribution in [-0.4, -0.2) is 36.1 Å². The molecule has 2 fully saturated rings. The van der Waals surface area contributed by atoms with Crippen molar-refractivity contribution in [3.63, 3.8) is 0 Å². The Morgan fingerprint density at radius 3 is 3.11 bits per heavy atom. The Morgan fingerprint density at radius 1 is 1.44 bits per heavy atom. The molecule has 1 aromatic rings. The summed E-state index contributed by atoms with van der Waals surface area (Å²) in [5.41, 5.74) is 7.35. The lowest BCUT2D eigenvalue weighted by Gasteiger charge is -2.36. The van der Waals surface area contributed by atoms with Gasteiger partial charge in [0.05, 0.1) is 5.54 Å². The highest BCUT2D eigenvalue weighted by Gasteiger charge is 2.48. The van der Waals surface area contributed by atoms with Gasteiger partial charge in [0.2, 0.25) is 0 Å². The lowest BCUT2D eigenvalue weighted by atomic mass is 9.88. The third-order valence-corrected chi connectivity index (χ3v) is 4.92. The highest BCUT2D eigenvalue weighted by atomic mass is 79.9. The number of fused-ring (bicyclic) bond motifs is 1. The van der Waals surface area contributed by atoms with E-state index in [1.807, 2.05) is 0 Å². The summed E-state index contributed by atoms with van der Waals surface area (Å²) in [6.45, 7) is 3.14. The Kier molecular flexibility index (Phi) is 3.34. The molecule has 2 unspecified atom stereocenters. The first kappa shape index (κ1) is 12.5. The van der Waals surface area contributed by atoms with Crippen LogP contribution in [0.3, 0.4) is 0 Å². The Balaban J connectivity index is 1.84. The number of hydrogen-bond acceptors (Lipinski definition) is 3. The van der Waals surface area contributed by atoms with Crippen LogP contribution in [0, 0.1) is 0 Å². The zero-order valence-corrected chi connectivity index (χ0v) is 12.1. The molecule has 2 aliphatic heterocycles. The average molecular weight is 310 g/mol. The second kappa shape index (κ2) is 4.83. The summed E-state index contributed by atoms with van der Waals surface area (Å²) in [4.78, 5) is 2.60. The van der Waals surface area contributed by atoms with Crippen molar-refractivity contribution in [2.75, 3.05) is 25.0 Å². The molecule has 2 atom stereocenters. The largest absolute Gasteiger partial charge is 0.377 e. The average Bonchev–Trinajstić information content (AvgIpc) is 2.93. The normalized spacial score (nSPS) is 31.6. The number of rotatable bonds is 3. The van der Waals surface area contributed by atoms with Gasteiger partial charge in [0.25, 0.3) is 0 Å². The van der Waals surface area contributed by atoms with Crippen molar-refractivity contribution in [3.8, 4) is 0 Å². The quantitative estimate of drug-likeness (QED) is 0.901. The Hall–Kier alpha value is -0.580. The zero-order valence-electron chi connectivity index (χ0n) is 10.5. The lowest BCUT2D eigenvalue weighted by Crippen LogP contribution is -2.53. The van der Waals surface area contributed by atoms with Crippen molar-refractivity contribution in [1.29, 1.82) is 0 Å². The lowest BCUT2D eigenvalue weighted by molar-refractivity contribution is 0.280. The monoisotopic (exact) mass is 309 g/mol. The maximum atomic E-state index is 6.11. The second-order valence-corrected chi connectivity index (χ2v) is 6.36. The van der Waals surface area contributed by atoms with Crippen molar-refractivity contribution in [1.82, 2.24) is 4.90 Å². The zero-order chi connectivity index (χ0) is 12.6. The third kappa shape index (κ3) is 2.06. The van der Waals surface area contributed by atoms with Crippen LogP contribution in [0.5, 0.6) is 0 Å². The minimum atomic E-state index is 0.0668. The summed E-state index contributed by atoms with van der Waals surface area (Å²) in [7, 11) is 0. The molecular weight excluding hydrogens is 290 g/mol. The maximum Gasteiger partial charge on any atom is 0.0662 e. The van der Waals surface area contributed by atoms with Crippen LogP contribution in [0.2, 0.25) is 0 Å². The van der Waals surface area contributed by atoms with Crippen molar-refractivity contribution >= 4 is 21.6 Å². The minimum absolute atomic E-state index is 0.0668. The SMILES string of the molecule is NCC1(Nc2cccc(Br)c2)CCN2CCCC21. The van der Waals surface area contributed by atoms with E-state index in [1.165, 1.54) is 31.6 Å². The molecular formula is C14H20BrN3. The molecule has 3 rings (SSSR count). The molecule has 1 aromatic carbocycles. The summed E-state index contributed by atoms with van der Waals surface area (Å²) in [6, 6.07) is 8.99. The fraction of sp³-hybridized carbons (Fsp3) is 0.571. The molecule has 0 radical (unpaired) electrons. The molecule has 0 bridgehead atoms. The fourth-order valence-corrected chi connectivity index (χ4v) is 3.92. The molecule has 4 heteroatoms. The summed E-state index contributed by atoms with van der Waals surface area (Å²) in [5, 5.41) is 3.72. The van der Waals surface area contributed by atoms with Crippen molar-refractivity contribution < 1.29 is 0 Å². The van der Waals surface area contributed by atoms with Gasteiger partial charge >= 0.3 is 0 Å². The van der Waals surface area contributed by atoms with Gasteiger partial charge in [0, 0.05) is 29.3 Å². The van der Waals surface area contributed by atoms with E-state index in [9.17, 15) is 0 Å². The number of anilines is 1. The predicted molar refractivity (Wildman–Crippen MR) is 78.8 cm³/mol. The number of benzene rings is 1. The first-order valence-electron chi connectivity index (χ1n) is 6.71. The van der Waals surface area contributed by atoms with Gasteiger partial charge in [-0.15, -0.1) is 0 Å². The Bertz CT molecular complexity index is 437. The summed E-state index contributed by atoms with van der Waals surface area (Å²) in [6.07, 6.45) is 3.74. The van der Waals surface area contributed by atoms with Gasteiger partial charge in [-0.2, -0.15) is 0 Å². The standard InChI is InChI=1S/C14H20BrN3/c15-11-3-1-4-12(9-11)17-14(10-16)6-8-18-7-2-5-13(14)18/h1,3-4,9,13,17H,2,5-8,10,16H2. The van der Waals surface area contributed by atoms with Crippen LogP contribution >= 0.6 is 15.9 Å². The molecule has 2 saturated heterocycles. The molecule has 3 nitrogen and oxygen atoms in total. The molecule has 3 N–H and O–H groups in total. The summed E-state index contributed by atoms with van der Waals surface area (Å²) in [5.74, 6) is 0. The van der Waals surface area contributed by atoms with Crippen LogP contribution < -0.4 is 11.1 Å². The molecule has 0 saturated carbocycles. The fourth-order valence-electron chi connectivity index (χ4n) is 3.52. The van der Waals surface area contributed by atoms with E-state index in [0.29, 0.717) is 12.6 Å². The van der Waals surface area contributed by atoms with E-state index >= 15 is 0 Å². The molecule has 18 heavy (non-hydrogen) atoms. The molecule has 98 valence electrons. The second-order valence-electron chi connectivity index (χ2n) is 5.44. The highest BCUT2D eigenvalue weighted by Crippen LogP contribution is 2.38. The highest BCUT2D eigenvalue weighted by molar-refractivity contribution is 9.10. The molecule has 0 spiro atoms. The van der Waals surface area contributed by atoms with Gasteiger partial charge in [0.15, 0.2) is 0 Å². The number of nitrogens with one attached hydrogen (secondary N) is 1. The number of halogens is 1. The Morgan fingerprint density at radius 2 is 2.33 bits per heavy atom. The number of hydrogen-bond donors (Lipinski definition) is 2. The smallest absolute Gasteiger partial charge is 0.0662 e. The van der Waals surface area contributed by atoms with Crippen molar-refractivity contribution in [3.05, 3.63) is 28.7 Å². The van der Waals surface area contributed by atoms with E-state index in [-0.39, 0.29) is 5.54 Å². The summed E-state index contributed by atoms with van der Waals surface area (Å²) >= 11 is 3.53. The van der Waals surface area contributed by atoms with Gasteiger partial charge < -0.3 is 11.1 Å². The topological polar surface area (TPSA) is 41.3 Å².